The number of piperazine rings is 1. The molecule has 1 amide bonds. The maximum absolute atomic E-state index is 13.2. The predicted octanol–water partition coefficient (Wildman–Crippen LogP) is 1.01. The minimum Gasteiger partial charge on any atom is -0.465 e. The lowest BCUT2D eigenvalue weighted by Crippen LogP contribution is -2.52. The molecule has 2 aliphatic heterocycles. The summed E-state index contributed by atoms with van der Waals surface area (Å²) >= 11 is 0. The van der Waals surface area contributed by atoms with Crippen molar-refractivity contribution in [2.45, 2.75) is 17.7 Å². The van der Waals surface area contributed by atoms with Crippen LogP contribution in [-0.2, 0) is 19.6 Å². The van der Waals surface area contributed by atoms with E-state index in [1.807, 2.05) is 4.90 Å². The van der Waals surface area contributed by atoms with E-state index in [9.17, 15) is 18.0 Å². The van der Waals surface area contributed by atoms with E-state index in [1.165, 1.54) is 23.5 Å². The number of benzene rings is 1. The fraction of sp³-hybridized carbons (Fsp3) is 0.455. The summed E-state index contributed by atoms with van der Waals surface area (Å²) < 4.78 is 32.4. The molecule has 0 radical (unpaired) electrons. The third-order valence-corrected chi connectivity index (χ3v) is 8.14. The minimum absolute atomic E-state index is 0.0131. The van der Waals surface area contributed by atoms with Gasteiger partial charge in [0.15, 0.2) is 0 Å². The lowest BCUT2D eigenvalue weighted by Gasteiger charge is -2.38. The number of piperidine rings is 1. The van der Waals surface area contributed by atoms with Gasteiger partial charge in [-0.25, -0.2) is 18.2 Å². The molecule has 0 bridgehead atoms. The number of anilines is 1. The van der Waals surface area contributed by atoms with Crippen molar-refractivity contribution in [1.82, 2.24) is 19.2 Å². The van der Waals surface area contributed by atoms with Crippen LogP contribution in [0, 0.1) is 5.92 Å². The Balaban J connectivity index is 1.35. The molecule has 1 aromatic carbocycles. The average Bonchev–Trinajstić information content (AvgIpc) is 2.88. The SMILES string of the molecule is COC(=O)c1ccccc1S(=O)(=O)N1CCC(C(=O)N2CCN(c3cnccn3)CC2)CC1. The molecule has 176 valence electrons. The van der Waals surface area contributed by atoms with Crippen molar-refractivity contribution in [3.05, 3.63) is 48.4 Å². The molecule has 0 atom stereocenters. The van der Waals surface area contributed by atoms with Crippen molar-refractivity contribution < 1.29 is 22.7 Å². The highest BCUT2D eigenvalue weighted by atomic mass is 32.2. The number of rotatable bonds is 5. The third-order valence-electron chi connectivity index (χ3n) is 6.18. The van der Waals surface area contributed by atoms with Gasteiger partial charge in [-0.1, -0.05) is 12.1 Å². The standard InChI is InChI=1S/C22H27N5O5S/c1-32-22(29)18-4-2-3-5-19(18)33(30,31)27-10-6-17(7-11-27)21(28)26-14-12-25(13-15-26)20-16-23-8-9-24-20/h2-5,8-9,16-17H,6-7,10-15H2,1H3. The van der Waals surface area contributed by atoms with Crippen LogP contribution in [0.5, 0.6) is 0 Å². The van der Waals surface area contributed by atoms with E-state index in [1.54, 1.807) is 30.7 Å². The Morgan fingerprint density at radius 1 is 1.00 bits per heavy atom. The van der Waals surface area contributed by atoms with Gasteiger partial charge in [0.05, 0.1) is 23.8 Å². The van der Waals surface area contributed by atoms with Gasteiger partial charge in [-0.3, -0.25) is 9.78 Å². The first-order chi connectivity index (χ1) is 15.9. The Morgan fingerprint density at radius 2 is 1.70 bits per heavy atom. The minimum atomic E-state index is -3.87. The Kier molecular flexibility index (Phi) is 6.89. The number of sulfonamides is 1. The molecule has 3 heterocycles. The number of hydrogen-bond donors (Lipinski definition) is 0. The Labute approximate surface area is 193 Å². The Hall–Kier alpha value is -3.05. The number of carbonyl (C=O) groups excluding carboxylic acids is 2. The van der Waals surface area contributed by atoms with Crippen LogP contribution in [0.25, 0.3) is 0 Å². The van der Waals surface area contributed by atoms with Crippen LogP contribution < -0.4 is 4.90 Å². The summed E-state index contributed by atoms with van der Waals surface area (Å²) in [6, 6.07) is 6.03. The number of aromatic nitrogens is 2. The van der Waals surface area contributed by atoms with Crippen LogP contribution in [0.3, 0.4) is 0 Å². The second-order valence-electron chi connectivity index (χ2n) is 8.04. The van der Waals surface area contributed by atoms with Crippen LogP contribution in [0.2, 0.25) is 0 Å². The van der Waals surface area contributed by atoms with Crippen molar-refractivity contribution in [1.29, 1.82) is 0 Å². The molecular formula is C22H27N5O5S. The molecule has 11 heteroatoms. The van der Waals surface area contributed by atoms with Crippen LogP contribution >= 0.6 is 0 Å². The van der Waals surface area contributed by atoms with Crippen LogP contribution in [0.15, 0.2) is 47.8 Å². The highest BCUT2D eigenvalue weighted by molar-refractivity contribution is 7.89. The first kappa shape index (κ1) is 23.1. The average molecular weight is 474 g/mol. The lowest BCUT2D eigenvalue weighted by atomic mass is 9.96. The van der Waals surface area contributed by atoms with Gasteiger partial charge in [0.2, 0.25) is 15.9 Å². The monoisotopic (exact) mass is 473 g/mol. The smallest absolute Gasteiger partial charge is 0.339 e. The van der Waals surface area contributed by atoms with Gasteiger partial charge in [-0.2, -0.15) is 4.31 Å². The van der Waals surface area contributed by atoms with Gasteiger partial charge in [-0.15, -0.1) is 0 Å². The van der Waals surface area contributed by atoms with Gasteiger partial charge >= 0.3 is 5.97 Å². The fourth-order valence-corrected chi connectivity index (χ4v) is 5.97. The number of ether oxygens (including phenoxy) is 1. The van der Waals surface area contributed by atoms with Gasteiger partial charge < -0.3 is 14.5 Å². The summed E-state index contributed by atoms with van der Waals surface area (Å²) in [7, 11) is -2.65. The van der Waals surface area contributed by atoms with Gasteiger partial charge in [0.25, 0.3) is 0 Å². The lowest BCUT2D eigenvalue weighted by molar-refractivity contribution is -0.137. The fourth-order valence-electron chi connectivity index (χ4n) is 4.32. The molecule has 2 aliphatic rings. The normalized spacial score (nSPS) is 18.2. The summed E-state index contributed by atoms with van der Waals surface area (Å²) in [5, 5.41) is 0. The van der Waals surface area contributed by atoms with Crippen LogP contribution in [0.1, 0.15) is 23.2 Å². The van der Waals surface area contributed by atoms with E-state index in [0.29, 0.717) is 39.0 Å². The summed E-state index contributed by atoms with van der Waals surface area (Å²) in [4.78, 5) is 37.4. The van der Waals surface area contributed by atoms with Gasteiger partial charge in [0, 0.05) is 57.6 Å². The van der Waals surface area contributed by atoms with Crippen molar-refractivity contribution in [2.24, 2.45) is 5.92 Å². The van der Waals surface area contributed by atoms with E-state index in [0.717, 1.165) is 5.82 Å². The molecule has 0 aliphatic carbocycles. The molecule has 4 rings (SSSR count). The van der Waals surface area contributed by atoms with Crippen molar-refractivity contribution in [3.8, 4) is 0 Å². The third kappa shape index (κ3) is 4.83. The molecule has 0 unspecified atom stereocenters. The molecular weight excluding hydrogens is 446 g/mol. The quantitative estimate of drug-likeness (QED) is 0.592. The zero-order valence-corrected chi connectivity index (χ0v) is 19.3. The zero-order chi connectivity index (χ0) is 23.4. The predicted molar refractivity (Wildman–Crippen MR) is 120 cm³/mol. The molecule has 0 spiro atoms. The molecule has 2 saturated heterocycles. The molecule has 0 N–H and O–H groups in total. The van der Waals surface area contributed by atoms with E-state index >= 15 is 0 Å². The number of amides is 1. The molecule has 2 fully saturated rings. The number of esters is 1. The Bertz CT molecular complexity index is 1100. The summed E-state index contributed by atoms with van der Waals surface area (Å²) in [5.74, 6) is -0.0358. The molecule has 2 aromatic rings. The van der Waals surface area contributed by atoms with E-state index < -0.39 is 16.0 Å². The number of carbonyl (C=O) groups is 2. The van der Waals surface area contributed by atoms with E-state index in [-0.39, 0.29) is 35.4 Å². The zero-order valence-electron chi connectivity index (χ0n) is 18.5. The summed E-state index contributed by atoms with van der Waals surface area (Å²) in [6.07, 6.45) is 5.89. The summed E-state index contributed by atoms with van der Waals surface area (Å²) in [5.41, 5.74) is 0.0131. The van der Waals surface area contributed by atoms with E-state index in [4.69, 9.17) is 4.74 Å². The largest absolute Gasteiger partial charge is 0.465 e. The highest BCUT2D eigenvalue weighted by Crippen LogP contribution is 2.27. The molecule has 33 heavy (non-hydrogen) atoms. The molecule has 0 saturated carbocycles. The van der Waals surface area contributed by atoms with Gasteiger partial charge in [0.1, 0.15) is 5.82 Å². The second kappa shape index (κ2) is 9.84. The summed E-state index contributed by atoms with van der Waals surface area (Å²) in [6.45, 7) is 3.02. The molecule has 1 aromatic heterocycles. The highest BCUT2D eigenvalue weighted by Gasteiger charge is 2.36. The van der Waals surface area contributed by atoms with Crippen molar-refractivity contribution in [3.63, 3.8) is 0 Å². The number of hydrogen-bond acceptors (Lipinski definition) is 8. The Morgan fingerprint density at radius 3 is 2.33 bits per heavy atom. The van der Waals surface area contributed by atoms with Crippen LogP contribution in [-0.4, -0.2) is 85.8 Å². The second-order valence-corrected chi connectivity index (χ2v) is 9.95. The van der Waals surface area contributed by atoms with E-state index in [2.05, 4.69) is 14.9 Å². The van der Waals surface area contributed by atoms with Crippen molar-refractivity contribution in [2.75, 3.05) is 51.3 Å². The van der Waals surface area contributed by atoms with Crippen molar-refractivity contribution >= 4 is 27.7 Å². The first-order valence-electron chi connectivity index (χ1n) is 10.9. The number of nitrogens with zero attached hydrogens (tertiary/aromatic N) is 5. The number of methoxy groups -OCH3 is 1. The topological polar surface area (TPSA) is 113 Å². The maximum Gasteiger partial charge on any atom is 0.339 e. The maximum atomic E-state index is 13.2. The van der Waals surface area contributed by atoms with Gasteiger partial charge in [-0.05, 0) is 25.0 Å². The molecule has 10 nitrogen and oxygen atoms in total. The van der Waals surface area contributed by atoms with Crippen LogP contribution in [0.4, 0.5) is 5.82 Å². The first-order valence-corrected chi connectivity index (χ1v) is 12.3.